The number of carbonyl (C=O) groups excluding carboxylic acids is 1. The van der Waals surface area contributed by atoms with E-state index in [2.05, 4.69) is 0 Å². The summed E-state index contributed by atoms with van der Waals surface area (Å²) in [5.41, 5.74) is 0.134. The van der Waals surface area contributed by atoms with Crippen molar-refractivity contribution in [3.8, 4) is 5.75 Å². The first kappa shape index (κ1) is 15.4. The molecule has 21 heavy (non-hydrogen) atoms. The van der Waals surface area contributed by atoms with E-state index in [9.17, 15) is 18.0 Å². The van der Waals surface area contributed by atoms with Gasteiger partial charge in [-0.3, -0.25) is 4.79 Å². The van der Waals surface area contributed by atoms with Gasteiger partial charge in [-0.25, -0.2) is 0 Å². The summed E-state index contributed by atoms with van der Waals surface area (Å²) < 4.78 is 42.6. The summed E-state index contributed by atoms with van der Waals surface area (Å²) in [6.07, 6.45) is -4.38. The molecule has 2 rings (SSSR count). The van der Waals surface area contributed by atoms with Crippen LogP contribution in [-0.4, -0.2) is 5.24 Å². The Balaban J connectivity index is 2.09. The van der Waals surface area contributed by atoms with Crippen molar-refractivity contribution >= 4 is 16.8 Å². The molecular formula is C15H10ClF3O2. The molecule has 2 aromatic carbocycles. The standard InChI is InChI=1S/C15H10ClF3O2/c16-14(20)13-4-2-1-3-10(13)9-21-12-7-5-11(6-8-12)15(17,18)19/h1-8H,9H2. The van der Waals surface area contributed by atoms with Crippen molar-refractivity contribution in [2.24, 2.45) is 0 Å². The summed E-state index contributed by atoms with van der Waals surface area (Å²) in [7, 11) is 0. The van der Waals surface area contributed by atoms with Gasteiger partial charge < -0.3 is 4.74 Å². The highest BCUT2D eigenvalue weighted by Crippen LogP contribution is 2.30. The minimum Gasteiger partial charge on any atom is -0.489 e. The molecule has 110 valence electrons. The molecule has 0 heterocycles. The Bertz CT molecular complexity index is 636. The second-order valence-corrected chi connectivity index (χ2v) is 4.58. The van der Waals surface area contributed by atoms with Crippen LogP contribution in [0, 0.1) is 0 Å². The van der Waals surface area contributed by atoms with Crippen molar-refractivity contribution in [2.75, 3.05) is 0 Å². The van der Waals surface area contributed by atoms with E-state index in [1.807, 2.05) is 0 Å². The lowest BCUT2D eigenvalue weighted by Gasteiger charge is -2.10. The smallest absolute Gasteiger partial charge is 0.416 e. The Hall–Kier alpha value is -2.01. The predicted molar refractivity (Wildman–Crippen MR) is 72.4 cm³/mol. The van der Waals surface area contributed by atoms with Crippen LogP contribution in [0.3, 0.4) is 0 Å². The first-order chi connectivity index (χ1) is 9.88. The molecule has 0 aliphatic carbocycles. The van der Waals surface area contributed by atoms with Crippen molar-refractivity contribution in [1.82, 2.24) is 0 Å². The van der Waals surface area contributed by atoms with Crippen LogP contribution < -0.4 is 4.74 Å². The van der Waals surface area contributed by atoms with E-state index in [1.165, 1.54) is 12.1 Å². The van der Waals surface area contributed by atoms with Crippen LogP contribution in [-0.2, 0) is 12.8 Å². The highest BCUT2D eigenvalue weighted by molar-refractivity contribution is 6.67. The number of hydrogen-bond acceptors (Lipinski definition) is 2. The Morgan fingerprint density at radius 1 is 1.05 bits per heavy atom. The molecule has 0 aromatic heterocycles. The first-order valence-corrected chi connectivity index (χ1v) is 6.33. The van der Waals surface area contributed by atoms with Gasteiger partial charge in [0.25, 0.3) is 5.24 Å². The summed E-state index contributed by atoms with van der Waals surface area (Å²) >= 11 is 5.44. The van der Waals surface area contributed by atoms with Gasteiger partial charge in [0, 0.05) is 11.1 Å². The van der Waals surface area contributed by atoms with E-state index < -0.39 is 17.0 Å². The highest BCUT2D eigenvalue weighted by atomic mass is 35.5. The zero-order chi connectivity index (χ0) is 15.5. The van der Waals surface area contributed by atoms with Gasteiger partial charge in [-0.1, -0.05) is 18.2 Å². The molecule has 0 aliphatic rings. The zero-order valence-corrected chi connectivity index (χ0v) is 11.4. The molecule has 2 nitrogen and oxygen atoms in total. The first-order valence-electron chi connectivity index (χ1n) is 5.96. The monoisotopic (exact) mass is 314 g/mol. The van der Waals surface area contributed by atoms with Gasteiger partial charge >= 0.3 is 6.18 Å². The van der Waals surface area contributed by atoms with Crippen LogP contribution in [0.5, 0.6) is 5.75 Å². The molecular weight excluding hydrogens is 305 g/mol. The molecule has 0 saturated carbocycles. The van der Waals surface area contributed by atoms with E-state index in [0.717, 1.165) is 12.1 Å². The van der Waals surface area contributed by atoms with E-state index in [-0.39, 0.29) is 12.4 Å². The minimum atomic E-state index is -4.38. The number of hydrogen-bond donors (Lipinski definition) is 0. The average molecular weight is 315 g/mol. The number of halogens is 4. The van der Waals surface area contributed by atoms with Crippen LogP contribution in [0.1, 0.15) is 21.5 Å². The molecule has 0 amide bonds. The maximum Gasteiger partial charge on any atom is 0.416 e. The largest absolute Gasteiger partial charge is 0.489 e. The summed E-state index contributed by atoms with van der Waals surface area (Å²) in [6, 6.07) is 10.9. The van der Waals surface area contributed by atoms with Crippen molar-refractivity contribution in [2.45, 2.75) is 12.8 Å². The fourth-order valence-corrected chi connectivity index (χ4v) is 1.92. The van der Waals surface area contributed by atoms with Crippen LogP contribution in [0.4, 0.5) is 13.2 Å². The van der Waals surface area contributed by atoms with Crippen molar-refractivity contribution < 1.29 is 22.7 Å². The Morgan fingerprint density at radius 2 is 1.67 bits per heavy atom. The topological polar surface area (TPSA) is 26.3 Å². The lowest BCUT2D eigenvalue weighted by Crippen LogP contribution is -2.05. The molecule has 0 fully saturated rings. The quantitative estimate of drug-likeness (QED) is 0.767. The van der Waals surface area contributed by atoms with Gasteiger partial charge in [0.05, 0.1) is 5.56 Å². The second-order valence-electron chi connectivity index (χ2n) is 4.24. The minimum absolute atomic E-state index is 0.0417. The van der Waals surface area contributed by atoms with Gasteiger partial charge in [-0.15, -0.1) is 0 Å². The van der Waals surface area contributed by atoms with Crippen molar-refractivity contribution in [3.05, 3.63) is 65.2 Å². The summed E-state index contributed by atoms with van der Waals surface area (Å²) in [4.78, 5) is 11.2. The van der Waals surface area contributed by atoms with Crippen LogP contribution in [0.2, 0.25) is 0 Å². The van der Waals surface area contributed by atoms with Crippen LogP contribution in [0.25, 0.3) is 0 Å². The van der Waals surface area contributed by atoms with Crippen molar-refractivity contribution in [3.63, 3.8) is 0 Å². The number of ether oxygens (including phenoxy) is 1. The molecule has 0 saturated heterocycles. The molecule has 0 radical (unpaired) electrons. The van der Waals surface area contributed by atoms with Gasteiger partial charge in [0.15, 0.2) is 0 Å². The Morgan fingerprint density at radius 3 is 2.24 bits per heavy atom. The highest BCUT2D eigenvalue weighted by Gasteiger charge is 2.30. The molecule has 6 heteroatoms. The summed E-state index contributed by atoms with van der Waals surface area (Å²) in [5, 5.41) is -0.610. The van der Waals surface area contributed by atoms with Crippen LogP contribution >= 0.6 is 11.6 Å². The Labute approximate surface area is 124 Å². The summed E-state index contributed by atoms with van der Waals surface area (Å²) in [5.74, 6) is 0.278. The van der Waals surface area contributed by atoms with E-state index in [0.29, 0.717) is 11.1 Å². The fourth-order valence-electron chi connectivity index (χ4n) is 1.74. The third-order valence-corrected chi connectivity index (χ3v) is 3.01. The molecule has 0 bridgehead atoms. The van der Waals surface area contributed by atoms with Gasteiger partial charge in [0.2, 0.25) is 0 Å². The van der Waals surface area contributed by atoms with Gasteiger partial charge in [-0.2, -0.15) is 13.2 Å². The predicted octanol–water partition coefficient (Wildman–Crippen LogP) is 4.66. The number of alkyl halides is 3. The molecule has 0 unspecified atom stereocenters. The summed E-state index contributed by atoms with van der Waals surface area (Å²) in [6.45, 7) is 0.0417. The molecule has 0 spiro atoms. The lowest BCUT2D eigenvalue weighted by molar-refractivity contribution is -0.137. The maximum atomic E-state index is 12.4. The average Bonchev–Trinajstić information content (AvgIpc) is 2.45. The molecule has 0 atom stereocenters. The zero-order valence-electron chi connectivity index (χ0n) is 10.7. The second kappa shape index (κ2) is 6.18. The number of rotatable bonds is 4. The maximum absolute atomic E-state index is 12.4. The third-order valence-electron chi connectivity index (χ3n) is 2.81. The SMILES string of the molecule is O=C(Cl)c1ccccc1COc1ccc(C(F)(F)F)cc1. The van der Waals surface area contributed by atoms with E-state index in [1.54, 1.807) is 24.3 Å². The van der Waals surface area contributed by atoms with Crippen LogP contribution in [0.15, 0.2) is 48.5 Å². The molecule has 0 N–H and O–H groups in total. The normalized spacial score (nSPS) is 11.2. The fraction of sp³-hybridized carbons (Fsp3) is 0.133. The number of carbonyl (C=O) groups is 1. The van der Waals surface area contributed by atoms with E-state index >= 15 is 0 Å². The molecule has 0 aliphatic heterocycles. The van der Waals surface area contributed by atoms with Crippen molar-refractivity contribution in [1.29, 1.82) is 0 Å². The van der Waals surface area contributed by atoms with E-state index in [4.69, 9.17) is 16.3 Å². The van der Waals surface area contributed by atoms with Gasteiger partial charge in [0.1, 0.15) is 12.4 Å². The lowest BCUT2D eigenvalue weighted by atomic mass is 10.1. The third kappa shape index (κ3) is 3.98. The number of benzene rings is 2. The van der Waals surface area contributed by atoms with Gasteiger partial charge in [-0.05, 0) is 41.9 Å². The Kier molecular flexibility index (Phi) is 4.53. The molecule has 2 aromatic rings.